The van der Waals surface area contributed by atoms with Crippen LogP contribution in [0.1, 0.15) is 16.7 Å². The second-order valence-corrected chi connectivity index (χ2v) is 5.24. The predicted octanol–water partition coefficient (Wildman–Crippen LogP) is 4.50. The molecule has 20 heavy (non-hydrogen) atoms. The zero-order valence-corrected chi connectivity index (χ0v) is 11.3. The Morgan fingerprint density at radius 2 is 1.90 bits per heavy atom. The van der Waals surface area contributed by atoms with Crippen molar-refractivity contribution in [3.63, 3.8) is 0 Å². The summed E-state index contributed by atoms with van der Waals surface area (Å²) in [5.41, 5.74) is 0.607. The van der Waals surface area contributed by atoms with Gasteiger partial charge in [0.05, 0.1) is 0 Å². The molecule has 0 aliphatic rings. The largest absolute Gasteiger partial charge is 0.460 e. The van der Waals surface area contributed by atoms with E-state index >= 15 is 0 Å². The van der Waals surface area contributed by atoms with E-state index in [1.54, 1.807) is 30.3 Å². The fourth-order valence-corrected chi connectivity index (χ4v) is 2.69. The third-order valence-corrected chi connectivity index (χ3v) is 3.70. The van der Waals surface area contributed by atoms with E-state index in [1.807, 2.05) is 0 Å². The van der Waals surface area contributed by atoms with Crippen molar-refractivity contribution in [2.24, 2.45) is 0 Å². The van der Waals surface area contributed by atoms with Crippen LogP contribution < -0.4 is 0 Å². The van der Waals surface area contributed by atoms with Crippen molar-refractivity contribution in [3.8, 4) is 11.1 Å². The maximum absolute atomic E-state index is 13.0. The molecule has 0 aliphatic heterocycles. The first-order valence-corrected chi connectivity index (χ1v) is 6.58. The lowest BCUT2D eigenvalue weighted by molar-refractivity contribution is -0.142. The summed E-state index contributed by atoms with van der Waals surface area (Å²) in [5.74, 6) is -0.520. The maximum atomic E-state index is 13.0. The third kappa shape index (κ3) is 3.39. The van der Waals surface area contributed by atoms with Crippen molar-refractivity contribution in [2.75, 3.05) is 0 Å². The number of carbonyl (C=O) groups is 1. The van der Waals surface area contributed by atoms with Crippen molar-refractivity contribution in [1.29, 1.82) is 0 Å². The maximum Gasteiger partial charge on any atom is 0.426 e. The summed E-state index contributed by atoms with van der Waals surface area (Å²) in [5, 5.41) is 0. The summed E-state index contributed by atoms with van der Waals surface area (Å²) in [6, 6.07) is 9.76. The van der Waals surface area contributed by atoms with E-state index in [1.165, 1.54) is 13.0 Å². The van der Waals surface area contributed by atoms with Crippen molar-refractivity contribution >= 4 is 17.3 Å². The summed E-state index contributed by atoms with van der Waals surface area (Å²) < 4.78 is 43.9. The Hall–Kier alpha value is -1.82. The lowest BCUT2D eigenvalue weighted by atomic mass is 10.1. The van der Waals surface area contributed by atoms with E-state index in [4.69, 9.17) is 4.74 Å². The van der Waals surface area contributed by atoms with E-state index in [0.717, 1.165) is 0 Å². The smallest absolute Gasteiger partial charge is 0.426 e. The first kappa shape index (κ1) is 14.6. The van der Waals surface area contributed by atoms with Gasteiger partial charge in [0.25, 0.3) is 0 Å². The number of carbonyl (C=O) groups excluding carboxylic acids is 1. The molecule has 0 fully saturated rings. The van der Waals surface area contributed by atoms with Gasteiger partial charge in [-0.3, -0.25) is 4.79 Å². The van der Waals surface area contributed by atoms with Gasteiger partial charge in [-0.15, -0.1) is 11.3 Å². The van der Waals surface area contributed by atoms with Crippen LogP contribution in [0.3, 0.4) is 0 Å². The van der Waals surface area contributed by atoms with Gasteiger partial charge in [-0.25, -0.2) is 0 Å². The van der Waals surface area contributed by atoms with Gasteiger partial charge >= 0.3 is 12.1 Å². The Balaban J connectivity index is 2.41. The van der Waals surface area contributed by atoms with E-state index in [0.29, 0.717) is 21.8 Å². The molecular weight excluding hydrogens is 289 g/mol. The van der Waals surface area contributed by atoms with Gasteiger partial charge in [0.2, 0.25) is 0 Å². The third-order valence-electron chi connectivity index (χ3n) is 2.54. The van der Waals surface area contributed by atoms with Crippen molar-refractivity contribution in [3.05, 3.63) is 46.2 Å². The molecule has 0 aliphatic carbocycles. The second-order valence-electron chi connectivity index (χ2n) is 4.10. The Morgan fingerprint density at radius 1 is 1.25 bits per heavy atom. The molecular formula is C14H11F3O2S. The Kier molecular flexibility index (Phi) is 4.13. The average molecular weight is 300 g/mol. The lowest BCUT2D eigenvalue weighted by Gasteiger charge is -2.07. The highest BCUT2D eigenvalue weighted by atomic mass is 32.1. The van der Waals surface area contributed by atoms with Crippen LogP contribution in [0, 0.1) is 0 Å². The molecule has 106 valence electrons. The van der Waals surface area contributed by atoms with Crippen LogP contribution >= 0.6 is 11.3 Å². The van der Waals surface area contributed by atoms with Crippen molar-refractivity contribution in [2.45, 2.75) is 19.7 Å². The van der Waals surface area contributed by atoms with Gasteiger partial charge in [0.1, 0.15) is 11.5 Å². The fraction of sp³-hybridized carbons (Fsp3) is 0.214. The number of alkyl halides is 3. The van der Waals surface area contributed by atoms with E-state index in [2.05, 4.69) is 0 Å². The minimum atomic E-state index is -4.43. The van der Waals surface area contributed by atoms with Gasteiger partial charge in [-0.05, 0) is 11.6 Å². The Morgan fingerprint density at radius 3 is 2.45 bits per heavy atom. The number of halogens is 3. The second kappa shape index (κ2) is 5.66. The molecule has 6 heteroatoms. The summed E-state index contributed by atoms with van der Waals surface area (Å²) in [6.07, 6.45) is -4.43. The van der Waals surface area contributed by atoms with Gasteiger partial charge in [-0.2, -0.15) is 13.2 Å². The minimum absolute atomic E-state index is 0.116. The van der Waals surface area contributed by atoms with E-state index < -0.39 is 17.0 Å². The first-order valence-electron chi connectivity index (χ1n) is 5.76. The fourth-order valence-electron chi connectivity index (χ4n) is 1.73. The van der Waals surface area contributed by atoms with Crippen LogP contribution in [0.15, 0.2) is 36.4 Å². The van der Waals surface area contributed by atoms with Crippen LogP contribution in [0.25, 0.3) is 11.1 Å². The molecule has 2 rings (SSSR count). The van der Waals surface area contributed by atoms with Crippen LogP contribution in [0.5, 0.6) is 0 Å². The van der Waals surface area contributed by atoms with E-state index in [-0.39, 0.29) is 12.2 Å². The highest BCUT2D eigenvalue weighted by molar-refractivity contribution is 7.12. The molecule has 0 saturated heterocycles. The molecule has 1 aromatic heterocycles. The summed E-state index contributed by atoms with van der Waals surface area (Å²) >= 11 is 0.601. The molecule has 0 N–H and O–H groups in total. The number of thiophene rings is 1. The van der Waals surface area contributed by atoms with Crippen LogP contribution in [-0.2, 0) is 22.3 Å². The minimum Gasteiger partial charge on any atom is -0.460 e. The molecule has 0 atom stereocenters. The Bertz CT molecular complexity index is 603. The highest BCUT2D eigenvalue weighted by Gasteiger charge is 2.36. The molecule has 2 nitrogen and oxygen atoms in total. The summed E-state index contributed by atoms with van der Waals surface area (Å²) in [7, 11) is 0. The number of hydrogen-bond acceptors (Lipinski definition) is 3. The number of ether oxygens (including phenoxy) is 1. The number of esters is 1. The topological polar surface area (TPSA) is 26.3 Å². The number of hydrogen-bond donors (Lipinski definition) is 0. The molecule has 2 aromatic rings. The molecule has 0 unspecified atom stereocenters. The molecule has 0 amide bonds. The van der Waals surface area contributed by atoms with Crippen molar-refractivity contribution in [1.82, 2.24) is 0 Å². The average Bonchev–Trinajstić information content (AvgIpc) is 2.81. The predicted molar refractivity (Wildman–Crippen MR) is 70.2 cm³/mol. The number of benzene rings is 1. The summed E-state index contributed by atoms with van der Waals surface area (Å²) in [4.78, 5) is 10.4. The molecule has 1 heterocycles. The first-order chi connectivity index (χ1) is 9.38. The summed E-state index contributed by atoms with van der Waals surface area (Å²) in [6.45, 7) is 1.08. The molecule has 0 spiro atoms. The molecule has 0 bridgehead atoms. The SMILES string of the molecule is CC(=O)OCc1cc(-c2ccccc2)c(C(F)(F)F)s1. The van der Waals surface area contributed by atoms with Gasteiger partial charge < -0.3 is 4.74 Å². The quantitative estimate of drug-likeness (QED) is 0.780. The highest BCUT2D eigenvalue weighted by Crippen LogP contribution is 2.42. The Labute approximate surface area is 117 Å². The number of rotatable bonds is 3. The van der Waals surface area contributed by atoms with Gasteiger partial charge in [0.15, 0.2) is 0 Å². The van der Waals surface area contributed by atoms with Crippen LogP contribution in [0.4, 0.5) is 13.2 Å². The van der Waals surface area contributed by atoms with Crippen LogP contribution in [0.2, 0.25) is 0 Å². The molecule has 0 saturated carbocycles. The molecule has 0 radical (unpaired) electrons. The monoisotopic (exact) mass is 300 g/mol. The lowest BCUT2D eigenvalue weighted by Crippen LogP contribution is -2.03. The van der Waals surface area contributed by atoms with Crippen molar-refractivity contribution < 1.29 is 22.7 Å². The van der Waals surface area contributed by atoms with Crippen LogP contribution in [-0.4, -0.2) is 5.97 Å². The normalized spacial score (nSPS) is 11.4. The van der Waals surface area contributed by atoms with Gasteiger partial charge in [-0.1, -0.05) is 30.3 Å². The molecule has 1 aromatic carbocycles. The van der Waals surface area contributed by atoms with Gasteiger partial charge in [0, 0.05) is 17.4 Å². The zero-order valence-electron chi connectivity index (χ0n) is 10.5. The zero-order chi connectivity index (χ0) is 14.8. The standard InChI is InChI=1S/C14H11F3O2S/c1-9(18)19-8-11-7-12(10-5-3-2-4-6-10)13(20-11)14(15,16)17/h2-7H,8H2,1H3. The van der Waals surface area contributed by atoms with E-state index in [9.17, 15) is 18.0 Å².